The predicted molar refractivity (Wildman–Crippen MR) is 61.3 cm³/mol. The molecule has 0 unspecified atom stereocenters. The third-order valence-corrected chi connectivity index (χ3v) is 1.70. The number of hydrogen-bond acceptors (Lipinski definition) is 6. The molecule has 0 saturated carbocycles. The Morgan fingerprint density at radius 2 is 1.78 bits per heavy atom. The summed E-state index contributed by atoms with van der Waals surface area (Å²) in [5.41, 5.74) is 0. The Kier molecular flexibility index (Phi) is 6.03. The lowest BCUT2D eigenvalue weighted by atomic mass is 10.5. The third-order valence-electron chi connectivity index (χ3n) is 1.70. The topological polar surface area (TPSA) is 69.2 Å². The maximum atomic E-state index is 12.0. The van der Waals surface area contributed by atoms with Crippen molar-refractivity contribution < 1.29 is 18.3 Å². The lowest BCUT2D eigenvalue weighted by Gasteiger charge is -2.08. The van der Waals surface area contributed by atoms with Gasteiger partial charge in [0, 0.05) is 6.54 Å². The van der Waals surface area contributed by atoms with Crippen LogP contribution in [-0.4, -0.2) is 41.1 Å². The van der Waals surface area contributed by atoms with Crippen molar-refractivity contribution in [2.75, 3.05) is 25.1 Å². The van der Waals surface area contributed by atoms with E-state index in [1.807, 2.05) is 13.8 Å². The van der Waals surface area contributed by atoms with E-state index in [1.54, 1.807) is 0 Å². The van der Waals surface area contributed by atoms with Crippen LogP contribution in [-0.2, 0) is 0 Å². The lowest BCUT2D eigenvalue weighted by Crippen LogP contribution is -2.12. The van der Waals surface area contributed by atoms with E-state index in [1.165, 1.54) is 0 Å². The molecule has 1 aromatic rings. The normalized spacial score (nSPS) is 10.5. The second-order valence-corrected chi connectivity index (χ2v) is 3.31. The number of anilines is 1. The molecule has 0 aliphatic heterocycles. The van der Waals surface area contributed by atoms with Gasteiger partial charge >= 0.3 is 12.0 Å². The van der Waals surface area contributed by atoms with E-state index < -0.39 is 13.0 Å². The first-order valence-electron chi connectivity index (χ1n) is 5.69. The number of halogens is 2. The molecular formula is C10H16F2N4O2. The van der Waals surface area contributed by atoms with Gasteiger partial charge in [-0.15, -0.1) is 4.98 Å². The Balaban J connectivity index is 2.76. The van der Waals surface area contributed by atoms with Crippen LogP contribution in [0.1, 0.15) is 20.3 Å². The molecule has 1 rings (SSSR count). The van der Waals surface area contributed by atoms with E-state index in [-0.39, 0.29) is 18.0 Å². The van der Waals surface area contributed by atoms with Gasteiger partial charge in [-0.3, -0.25) is 0 Å². The number of rotatable bonds is 8. The molecular weight excluding hydrogens is 246 g/mol. The van der Waals surface area contributed by atoms with Gasteiger partial charge < -0.3 is 14.8 Å². The average Bonchev–Trinajstić information content (AvgIpc) is 2.34. The molecule has 1 N–H and O–H groups in total. The van der Waals surface area contributed by atoms with Gasteiger partial charge in [-0.2, -0.15) is 9.97 Å². The van der Waals surface area contributed by atoms with Crippen LogP contribution in [0.25, 0.3) is 0 Å². The van der Waals surface area contributed by atoms with Gasteiger partial charge in [0.2, 0.25) is 5.95 Å². The molecule has 18 heavy (non-hydrogen) atoms. The van der Waals surface area contributed by atoms with E-state index in [2.05, 4.69) is 20.3 Å². The zero-order valence-electron chi connectivity index (χ0n) is 10.3. The van der Waals surface area contributed by atoms with Crippen LogP contribution >= 0.6 is 0 Å². The minimum absolute atomic E-state index is 0.0621. The van der Waals surface area contributed by atoms with Crippen LogP contribution in [0, 0.1) is 0 Å². The van der Waals surface area contributed by atoms with Gasteiger partial charge in [0.1, 0.15) is 0 Å². The maximum absolute atomic E-state index is 12.0. The number of alkyl halides is 2. The van der Waals surface area contributed by atoms with Gasteiger partial charge in [0.25, 0.3) is 6.43 Å². The van der Waals surface area contributed by atoms with Crippen molar-refractivity contribution in [2.24, 2.45) is 0 Å². The van der Waals surface area contributed by atoms with Crippen molar-refractivity contribution in [1.29, 1.82) is 0 Å². The molecule has 0 aliphatic rings. The Morgan fingerprint density at radius 3 is 2.33 bits per heavy atom. The summed E-state index contributed by atoms with van der Waals surface area (Å²) in [7, 11) is 0. The highest BCUT2D eigenvalue weighted by Crippen LogP contribution is 2.13. The van der Waals surface area contributed by atoms with Gasteiger partial charge in [0.05, 0.1) is 6.61 Å². The van der Waals surface area contributed by atoms with Gasteiger partial charge in [-0.25, -0.2) is 8.78 Å². The molecule has 6 nitrogen and oxygen atoms in total. The number of hydrogen-bond donors (Lipinski definition) is 1. The minimum atomic E-state index is -2.58. The van der Waals surface area contributed by atoms with Gasteiger partial charge in [0.15, 0.2) is 6.61 Å². The second-order valence-electron chi connectivity index (χ2n) is 3.31. The van der Waals surface area contributed by atoms with E-state index in [0.717, 1.165) is 6.42 Å². The number of nitrogens with zero attached hydrogens (tertiary/aromatic N) is 3. The summed E-state index contributed by atoms with van der Waals surface area (Å²) in [5.74, 6) is 0.239. The van der Waals surface area contributed by atoms with Crippen LogP contribution in [0.4, 0.5) is 14.7 Å². The molecule has 0 radical (unpaired) electrons. The molecule has 1 heterocycles. The zero-order valence-corrected chi connectivity index (χ0v) is 10.3. The first-order valence-corrected chi connectivity index (χ1v) is 5.69. The van der Waals surface area contributed by atoms with Crippen LogP contribution in [0.3, 0.4) is 0 Å². The highest BCUT2D eigenvalue weighted by molar-refractivity contribution is 5.27. The summed E-state index contributed by atoms with van der Waals surface area (Å²) in [4.78, 5) is 11.6. The summed E-state index contributed by atoms with van der Waals surface area (Å²) in [6.45, 7) is 4.05. The molecule has 0 bridgehead atoms. The average molecular weight is 262 g/mol. The fraction of sp³-hybridized carbons (Fsp3) is 0.700. The van der Waals surface area contributed by atoms with Gasteiger partial charge in [-0.1, -0.05) is 6.92 Å². The SMILES string of the molecule is CCCOc1nc(NCC)nc(OCC(F)F)n1. The summed E-state index contributed by atoms with van der Waals surface area (Å²) in [6, 6.07) is -0.112. The highest BCUT2D eigenvalue weighted by Gasteiger charge is 2.10. The minimum Gasteiger partial charge on any atom is -0.463 e. The first-order chi connectivity index (χ1) is 8.65. The molecule has 0 saturated heterocycles. The number of aromatic nitrogens is 3. The Morgan fingerprint density at radius 1 is 1.11 bits per heavy atom. The monoisotopic (exact) mass is 262 g/mol. The van der Waals surface area contributed by atoms with Crippen molar-refractivity contribution in [3.8, 4) is 12.0 Å². The predicted octanol–water partition coefficient (Wildman–Crippen LogP) is 1.74. The molecule has 0 aromatic carbocycles. The van der Waals surface area contributed by atoms with E-state index in [0.29, 0.717) is 13.2 Å². The second kappa shape index (κ2) is 7.57. The molecule has 0 fully saturated rings. The summed E-state index contributed by atoms with van der Waals surface area (Å²) < 4.78 is 34.0. The molecule has 1 aromatic heterocycles. The molecule has 0 amide bonds. The quantitative estimate of drug-likeness (QED) is 0.769. The smallest absolute Gasteiger partial charge is 0.324 e. The molecule has 102 valence electrons. The Labute approximate surface area is 104 Å². The highest BCUT2D eigenvalue weighted by atomic mass is 19.3. The molecule has 0 aliphatic carbocycles. The largest absolute Gasteiger partial charge is 0.463 e. The molecule has 0 atom stereocenters. The van der Waals surface area contributed by atoms with Crippen LogP contribution in [0.5, 0.6) is 12.0 Å². The Hall–Kier alpha value is -1.73. The van der Waals surface area contributed by atoms with Crippen LogP contribution in [0.15, 0.2) is 0 Å². The van der Waals surface area contributed by atoms with Crippen molar-refractivity contribution in [3.63, 3.8) is 0 Å². The van der Waals surface area contributed by atoms with E-state index in [9.17, 15) is 8.78 Å². The summed E-state index contributed by atoms with van der Waals surface area (Å²) in [6.07, 6.45) is -1.79. The van der Waals surface area contributed by atoms with Crippen molar-refractivity contribution in [1.82, 2.24) is 15.0 Å². The van der Waals surface area contributed by atoms with Crippen molar-refractivity contribution in [2.45, 2.75) is 26.7 Å². The maximum Gasteiger partial charge on any atom is 0.324 e. The van der Waals surface area contributed by atoms with E-state index in [4.69, 9.17) is 9.47 Å². The fourth-order valence-corrected chi connectivity index (χ4v) is 1.04. The van der Waals surface area contributed by atoms with Crippen LogP contribution < -0.4 is 14.8 Å². The lowest BCUT2D eigenvalue weighted by molar-refractivity contribution is 0.0763. The van der Waals surface area contributed by atoms with E-state index >= 15 is 0 Å². The molecule has 0 spiro atoms. The summed E-state index contributed by atoms with van der Waals surface area (Å²) in [5, 5.41) is 2.84. The van der Waals surface area contributed by atoms with Crippen LogP contribution in [0.2, 0.25) is 0 Å². The standard InChI is InChI=1S/C10H16F2N4O2/c1-3-5-17-9-14-8(13-4-2)15-10(16-9)18-6-7(11)12/h7H,3-6H2,1-2H3,(H,13,14,15,16). The first kappa shape index (κ1) is 14.3. The van der Waals surface area contributed by atoms with Crippen molar-refractivity contribution >= 4 is 5.95 Å². The number of nitrogens with one attached hydrogen (secondary N) is 1. The summed E-state index contributed by atoms with van der Waals surface area (Å²) >= 11 is 0. The zero-order chi connectivity index (χ0) is 13.4. The van der Waals surface area contributed by atoms with Gasteiger partial charge in [-0.05, 0) is 13.3 Å². The fourth-order valence-electron chi connectivity index (χ4n) is 1.04. The third kappa shape index (κ3) is 5.07. The number of ether oxygens (including phenoxy) is 2. The van der Waals surface area contributed by atoms with Crippen molar-refractivity contribution in [3.05, 3.63) is 0 Å². The molecule has 8 heteroatoms. The Bertz CT molecular complexity index is 366.